The Kier molecular flexibility index (Phi) is 6.69. The zero-order valence-electron chi connectivity index (χ0n) is 14.6. The van der Waals surface area contributed by atoms with E-state index in [2.05, 4.69) is 43.3 Å². The van der Waals surface area contributed by atoms with Gasteiger partial charge in [0.1, 0.15) is 0 Å². The predicted molar refractivity (Wildman–Crippen MR) is 95.7 cm³/mol. The Balaban J connectivity index is 1.85. The van der Waals surface area contributed by atoms with Crippen LogP contribution in [-0.2, 0) is 16.0 Å². The number of allylic oxidation sites excluding steroid dienone is 1. The number of carbonyl (C=O) groups excluding carboxylic acids is 1. The molecule has 3 heteroatoms. The number of hydrogen-bond donors (Lipinski definition) is 0. The third kappa shape index (κ3) is 5.42. The van der Waals surface area contributed by atoms with E-state index in [0.29, 0.717) is 12.5 Å². The Morgan fingerprint density at radius 1 is 1.22 bits per heavy atom. The van der Waals surface area contributed by atoms with Gasteiger partial charge >= 0.3 is 5.97 Å². The van der Waals surface area contributed by atoms with Crippen LogP contribution in [0.25, 0.3) is 0 Å². The van der Waals surface area contributed by atoms with Crippen LogP contribution in [0.4, 0.5) is 5.69 Å². The fourth-order valence-corrected chi connectivity index (χ4v) is 3.42. The van der Waals surface area contributed by atoms with Crippen LogP contribution in [0.3, 0.4) is 0 Å². The number of benzene rings is 1. The van der Waals surface area contributed by atoms with Crippen molar-refractivity contribution < 1.29 is 9.53 Å². The second-order valence-electron chi connectivity index (χ2n) is 6.62. The number of esters is 1. The van der Waals surface area contributed by atoms with E-state index < -0.39 is 0 Å². The number of anilines is 1. The molecule has 23 heavy (non-hydrogen) atoms. The van der Waals surface area contributed by atoms with Crippen molar-refractivity contribution in [2.45, 2.75) is 39.0 Å². The molecule has 1 aromatic carbocycles. The van der Waals surface area contributed by atoms with E-state index in [1.54, 1.807) is 6.08 Å². The van der Waals surface area contributed by atoms with Gasteiger partial charge in [-0.05, 0) is 62.5 Å². The van der Waals surface area contributed by atoms with Gasteiger partial charge in [0.15, 0.2) is 0 Å². The fraction of sp³-hybridized carbons (Fsp3) is 0.550. The van der Waals surface area contributed by atoms with Crippen molar-refractivity contribution in [2.75, 3.05) is 25.6 Å². The van der Waals surface area contributed by atoms with Crippen LogP contribution in [0.5, 0.6) is 0 Å². The highest BCUT2D eigenvalue weighted by atomic mass is 16.5. The Hall–Kier alpha value is -1.77. The van der Waals surface area contributed by atoms with Crippen molar-refractivity contribution >= 4 is 11.7 Å². The molecule has 0 heterocycles. The number of para-hydroxylation sites is 1. The SMILES string of the molecule is CCOC(=O)C=CC1CCC(Cc2ccccc2N(C)C)CC1. The number of hydrogen-bond acceptors (Lipinski definition) is 3. The molecule has 0 amide bonds. The summed E-state index contributed by atoms with van der Waals surface area (Å²) in [5, 5.41) is 0. The lowest BCUT2D eigenvalue weighted by atomic mass is 9.79. The van der Waals surface area contributed by atoms with Crippen LogP contribution in [0.15, 0.2) is 36.4 Å². The van der Waals surface area contributed by atoms with Gasteiger partial charge < -0.3 is 9.64 Å². The van der Waals surface area contributed by atoms with Crippen molar-refractivity contribution in [1.29, 1.82) is 0 Å². The van der Waals surface area contributed by atoms with E-state index in [1.165, 1.54) is 36.9 Å². The van der Waals surface area contributed by atoms with Gasteiger partial charge in [0.25, 0.3) is 0 Å². The average molecular weight is 315 g/mol. The molecular weight excluding hydrogens is 286 g/mol. The first-order valence-corrected chi connectivity index (χ1v) is 8.70. The molecule has 0 N–H and O–H groups in total. The van der Waals surface area contributed by atoms with E-state index >= 15 is 0 Å². The van der Waals surface area contributed by atoms with Crippen molar-refractivity contribution in [1.82, 2.24) is 0 Å². The summed E-state index contributed by atoms with van der Waals surface area (Å²) in [6.07, 6.45) is 9.62. The molecular formula is C20H29NO2. The Morgan fingerprint density at radius 3 is 2.57 bits per heavy atom. The molecule has 1 saturated carbocycles. The van der Waals surface area contributed by atoms with Crippen LogP contribution in [0.1, 0.15) is 38.2 Å². The van der Waals surface area contributed by atoms with Crippen LogP contribution in [0.2, 0.25) is 0 Å². The maximum atomic E-state index is 11.4. The van der Waals surface area contributed by atoms with Crippen LogP contribution >= 0.6 is 0 Å². The molecule has 126 valence electrons. The van der Waals surface area contributed by atoms with Gasteiger partial charge in [-0.1, -0.05) is 24.3 Å². The number of ether oxygens (including phenoxy) is 1. The monoisotopic (exact) mass is 315 g/mol. The molecule has 0 saturated heterocycles. The number of carbonyl (C=O) groups is 1. The Labute approximate surface area is 140 Å². The summed E-state index contributed by atoms with van der Waals surface area (Å²) in [6.45, 7) is 2.28. The van der Waals surface area contributed by atoms with E-state index in [4.69, 9.17) is 4.74 Å². The Morgan fingerprint density at radius 2 is 1.91 bits per heavy atom. The largest absolute Gasteiger partial charge is 0.463 e. The zero-order chi connectivity index (χ0) is 16.7. The molecule has 0 aromatic heterocycles. The number of nitrogens with zero attached hydrogens (tertiary/aromatic N) is 1. The summed E-state index contributed by atoms with van der Waals surface area (Å²) < 4.78 is 4.94. The first-order valence-electron chi connectivity index (χ1n) is 8.70. The minimum Gasteiger partial charge on any atom is -0.463 e. The average Bonchev–Trinajstić information content (AvgIpc) is 2.55. The molecule has 3 nitrogen and oxygen atoms in total. The lowest BCUT2D eigenvalue weighted by Crippen LogP contribution is -2.17. The van der Waals surface area contributed by atoms with Gasteiger partial charge in [0.2, 0.25) is 0 Å². The molecule has 2 rings (SSSR count). The first kappa shape index (κ1) is 17.6. The van der Waals surface area contributed by atoms with Gasteiger partial charge in [-0.3, -0.25) is 0 Å². The number of rotatable bonds is 6. The van der Waals surface area contributed by atoms with Gasteiger partial charge in [0.05, 0.1) is 6.61 Å². The third-order valence-corrected chi connectivity index (χ3v) is 4.66. The van der Waals surface area contributed by atoms with E-state index in [-0.39, 0.29) is 5.97 Å². The molecule has 0 bridgehead atoms. The summed E-state index contributed by atoms with van der Waals surface area (Å²) in [7, 11) is 4.21. The van der Waals surface area contributed by atoms with Crippen molar-refractivity contribution in [3.8, 4) is 0 Å². The fourth-order valence-electron chi connectivity index (χ4n) is 3.42. The molecule has 0 radical (unpaired) electrons. The predicted octanol–water partition coefficient (Wildman–Crippen LogP) is 4.22. The summed E-state index contributed by atoms with van der Waals surface area (Å²) in [5.41, 5.74) is 2.78. The van der Waals surface area contributed by atoms with E-state index in [0.717, 1.165) is 12.3 Å². The lowest BCUT2D eigenvalue weighted by Gasteiger charge is -2.28. The summed E-state index contributed by atoms with van der Waals surface area (Å²) >= 11 is 0. The zero-order valence-corrected chi connectivity index (χ0v) is 14.6. The van der Waals surface area contributed by atoms with Crippen molar-refractivity contribution in [3.63, 3.8) is 0 Å². The maximum Gasteiger partial charge on any atom is 0.330 e. The highest BCUT2D eigenvalue weighted by Gasteiger charge is 2.21. The normalized spacial score (nSPS) is 21.3. The first-order chi connectivity index (χ1) is 11.1. The minimum absolute atomic E-state index is 0.213. The summed E-state index contributed by atoms with van der Waals surface area (Å²) in [5.74, 6) is 1.07. The van der Waals surface area contributed by atoms with E-state index in [1.807, 2.05) is 13.0 Å². The molecule has 1 aliphatic rings. The topological polar surface area (TPSA) is 29.5 Å². The van der Waals surface area contributed by atoms with Crippen LogP contribution in [-0.4, -0.2) is 26.7 Å². The van der Waals surface area contributed by atoms with E-state index in [9.17, 15) is 4.79 Å². The minimum atomic E-state index is -0.213. The highest BCUT2D eigenvalue weighted by Crippen LogP contribution is 2.33. The second-order valence-corrected chi connectivity index (χ2v) is 6.62. The molecule has 0 unspecified atom stereocenters. The Bertz CT molecular complexity index is 528. The van der Waals surface area contributed by atoms with Crippen molar-refractivity contribution in [3.05, 3.63) is 42.0 Å². The smallest absolute Gasteiger partial charge is 0.330 e. The van der Waals surface area contributed by atoms with Crippen LogP contribution in [0, 0.1) is 11.8 Å². The van der Waals surface area contributed by atoms with Crippen LogP contribution < -0.4 is 4.90 Å². The van der Waals surface area contributed by atoms with Gasteiger partial charge in [-0.2, -0.15) is 0 Å². The molecule has 0 spiro atoms. The highest BCUT2D eigenvalue weighted by molar-refractivity contribution is 5.81. The molecule has 1 aliphatic carbocycles. The standard InChI is InChI=1S/C20H29NO2/c1-4-23-20(22)14-13-16-9-11-17(12-10-16)15-18-7-5-6-8-19(18)21(2)3/h5-8,13-14,16-17H,4,9-12,15H2,1-3H3. The second kappa shape index (κ2) is 8.76. The molecule has 0 aliphatic heterocycles. The van der Waals surface area contributed by atoms with Gasteiger partial charge in [0, 0.05) is 25.9 Å². The third-order valence-electron chi connectivity index (χ3n) is 4.66. The quantitative estimate of drug-likeness (QED) is 0.581. The molecule has 1 fully saturated rings. The van der Waals surface area contributed by atoms with Gasteiger partial charge in [-0.15, -0.1) is 0 Å². The maximum absolute atomic E-state index is 11.4. The summed E-state index contributed by atoms with van der Waals surface area (Å²) in [4.78, 5) is 13.6. The van der Waals surface area contributed by atoms with Crippen molar-refractivity contribution in [2.24, 2.45) is 11.8 Å². The summed E-state index contributed by atoms with van der Waals surface area (Å²) in [6, 6.07) is 8.69. The molecule has 1 aromatic rings. The molecule has 0 atom stereocenters. The van der Waals surface area contributed by atoms with Gasteiger partial charge in [-0.25, -0.2) is 4.79 Å². The lowest BCUT2D eigenvalue weighted by molar-refractivity contribution is -0.137.